The Hall–Kier alpha value is -4.61. The first-order valence-electron chi connectivity index (χ1n) is 17.6. The third-order valence-electron chi connectivity index (χ3n) is 9.35. The molecule has 5 heteroatoms. The van der Waals surface area contributed by atoms with E-state index in [1.54, 1.807) is 0 Å². The first-order valence-corrected chi connectivity index (χ1v) is 24.9. The fourth-order valence-electron chi connectivity index (χ4n) is 6.60. The molecule has 3 aromatic heterocycles. The Morgan fingerprint density at radius 1 is 0.635 bits per heavy atom. The summed E-state index contributed by atoms with van der Waals surface area (Å²) >= 11 is -1.77. The van der Waals surface area contributed by atoms with Crippen molar-refractivity contribution in [3.8, 4) is 44.8 Å². The molecule has 0 bridgehead atoms. The van der Waals surface area contributed by atoms with Crippen molar-refractivity contribution in [2.75, 3.05) is 0 Å². The Morgan fingerprint density at radius 3 is 2.08 bits per heavy atom. The molecular weight excluding hydrogens is 873 g/mol. The Morgan fingerprint density at radius 2 is 1.37 bits per heavy atom. The van der Waals surface area contributed by atoms with Crippen molar-refractivity contribution in [2.45, 2.75) is 44.0 Å². The Labute approximate surface area is 323 Å². The molecular formula is C47H42GeIrN2O-2. The van der Waals surface area contributed by atoms with Crippen LogP contribution >= 0.6 is 0 Å². The van der Waals surface area contributed by atoms with Gasteiger partial charge in [0.05, 0.1) is 5.58 Å². The van der Waals surface area contributed by atoms with E-state index >= 15 is 0 Å². The minimum absolute atomic E-state index is 0. The van der Waals surface area contributed by atoms with Crippen molar-refractivity contribution >= 4 is 39.6 Å². The fraction of sp³-hybridized carbons (Fsp3) is 0.149. The first kappa shape index (κ1) is 37.2. The fourth-order valence-corrected chi connectivity index (χ4v) is 10.2. The SMILES string of the molecule is CC(C)c1ccnc(-c2[c-]ccc3c2oc2cc(-c4cccc(-c5ccccc5)c4)ccc23)c1.Cc1cc(-c2[c-]cccc2)nc[c]1[Ge]([CH3])([CH3])[CH3].[Ir]. The maximum Gasteiger partial charge on any atom is 0 e. The van der Waals surface area contributed by atoms with Gasteiger partial charge in [0.25, 0.3) is 0 Å². The molecule has 0 saturated heterocycles. The van der Waals surface area contributed by atoms with E-state index in [1.165, 1.54) is 32.2 Å². The second kappa shape index (κ2) is 16.0. The van der Waals surface area contributed by atoms with Crippen molar-refractivity contribution in [1.82, 2.24) is 9.97 Å². The summed E-state index contributed by atoms with van der Waals surface area (Å²) in [5.41, 5.74) is 13.0. The molecule has 0 atom stereocenters. The van der Waals surface area contributed by atoms with E-state index in [4.69, 9.17) is 4.42 Å². The number of aromatic nitrogens is 2. The molecule has 8 rings (SSSR count). The van der Waals surface area contributed by atoms with Gasteiger partial charge < -0.3 is 9.40 Å². The molecule has 1 radical (unpaired) electrons. The summed E-state index contributed by atoms with van der Waals surface area (Å²) in [5, 5.41) is 2.19. The van der Waals surface area contributed by atoms with Crippen LogP contribution in [0.2, 0.25) is 17.3 Å². The van der Waals surface area contributed by atoms with Gasteiger partial charge in [-0.1, -0.05) is 97.1 Å². The number of pyridine rings is 2. The number of fused-ring (bicyclic) bond motifs is 3. The third kappa shape index (κ3) is 8.05. The number of hydrogen-bond donors (Lipinski definition) is 0. The molecule has 0 unspecified atom stereocenters. The van der Waals surface area contributed by atoms with E-state index in [1.807, 2.05) is 36.5 Å². The van der Waals surface area contributed by atoms with Gasteiger partial charge in [-0.05, 0) is 52.1 Å². The minimum Gasteiger partial charge on any atom is 0 e. The summed E-state index contributed by atoms with van der Waals surface area (Å²) in [6, 6.07) is 50.6. The van der Waals surface area contributed by atoms with Crippen LogP contribution in [0.15, 0.2) is 144 Å². The summed E-state index contributed by atoms with van der Waals surface area (Å²) in [6.45, 7) is 6.58. The zero-order chi connectivity index (χ0) is 35.5. The van der Waals surface area contributed by atoms with E-state index in [0.717, 1.165) is 50.0 Å². The predicted molar refractivity (Wildman–Crippen MR) is 217 cm³/mol. The molecule has 0 saturated carbocycles. The summed E-state index contributed by atoms with van der Waals surface area (Å²) in [6.07, 6.45) is 3.95. The monoisotopic (exact) mass is 917 g/mol. The maximum atomic E-state index is 6.44. The van der Waals surface area contributed by atoms with Crippen LogP contribution in [0, 0.1) is 19.1 Å². The number of benzene rings is 5. The van der Waals surface area contributed by atoms with Gasteiger partial charge in [0, 0.05) is 31.7 Å². The van der Waals surface area contributed by atoms with E-state index in [0.29, 0.717) is 5.92 Å². The number of furan rings is 1. The van der Waals surface area contributed by atoms with Gasteiger partial charge >= 0.3 is 106 Å². The molecule has 0 aliphatic rings. The van der Waals surface area contributed by atoms with Crippen LogP contribution in [0.4, 0.5) is 0 Å². The minimum atomic E-state index is -1.77. The third-order valence-corrected chi connectivity index (χ3v) is 13.8. The van der Waals surface area contributed by atoms with E-state index in [-0.39, 0.29) is 20.1 Å². The van der Waals surface area contributed by atoms with Gasteiger partial charge in [0.2, 0.25) is 0 Å². The molecule has 5 aromatic carbocycles. The van der Waals surface area contributed by atoms with E-state index in [9.17, 15) is 0 Å². The molecule has 8 aromatic rings. The second-order valence-electron chi connectivity index (χ2n) is 14.4. The summed E-state index contributed by atoms with van der Waals surface area (Å²) in [4.78, 5) is 9.22. The molecule has 0 fully saturated rings. The van der Waals surface area contributed by atoms with Crippen molar-refractivity contribution in [3.05, 3.63) is 163 Å². The van der Waals surface area contributed by atoms with Gasteiger partial charge in [-0.2, -0.15) is 0 Å². The van der Waals surface area contributed by atoms with Gasteiger partial charge in [0.1, 0.15) is 5.58 Å². The molecule has 52 heavy (non-hydrogen) atoms. The van der Waals surface area contributed by atoms with Gasteiger partial charge in [0.15, 0.2) is 0 Å². The maximum absolute atomic E-state index is 6.44. The topological polar surface area (TPSA) is 38.9 Å². The van der Waals surface area contributed by atoms with Crippen molar-refractivity contribution in [3.63, 3.8) is 0 Å². The van der Waals surface area contributed by atoms with Crippen molar-refractivity contribution in [2.24, 2.45) is 0 Å². The predicted octanol–water partition coefficient (Wildman–Crippen LogP) is 12.3. The molecule has 0 amide bonds. The zero-order valence-corrected chi connectivity index (χ0v) is 35.0. The van der Waals surface area contributed by atoms with Crippen molar-refractivity contribution < 1.29 is 24.5 Å². The average molecular weight is 916 g/mol. The Balaban J connectivity index is 0.000000218. The molecule has 0 aliphatic carbocycles. The van der Waals surface area contributed by atoms with Gasteiger partial charge in [-0.3, -0.25) is 0 Å². The summed E-state index contributed by atoms with van der Waals surface area (Å²) < 4.78 is 7.93. The molecule has 0 aliphatic heterocycles. The smallest absolute Gasteiger partial charge is 0 e. The van der Waals surface area contributed by atoms with Gasteiger partial charge in [-0.25, -0.2) is 0 Å². The van der Waals surface area contributed by atoms with E-state index in [2.05, 4.69) is 163 Å². The largest absolute Gasteiger partial charge is 0 e. The molecule has 0 N–H and O–H groups in total. The first-order chi connectivity index (χ1) is 24.7. The summed E-state index contributed by atoms with van der Waals surface area (Å²) in [5.74, 6) is 7.64. The van der Waals surface area contributed by atoms with Crippen molar-refractivity contribution in [1.29, 1.82) is 0 Å². The van der Waals surface area contributed by atoms with Crippen LogP contribution in [0.1, 0.15) is 30.9 Å². The number of hydrogen-bond acceptors (Lipinski definition) is 3. The molecule has 261 valence electrons. The van der Waals surface area contributed by atoms with Crippen LogP contribution in [-0.2, 0) is 20.1 Å². The quantitative estimate of drug-likeness (QED) is 0.123. The van der Waals surface area contributed by atoms with Crippen LogP contribution in [-0.4, -0.2) is 23.2 Å². The Kier molecular flexibility index (Phi) is 11.4. The van der Waals surface area contributed by atoms with Crippen LogP contribution < -0.4 is 4.40 Å². The average Bonchev–Trinajstić information content (AvgIpc) is 3.53. The number of nitrogens with zero attached hydrogens (tertiary/aromatic N) is 2. The van der Waals surface area contributed by atoms with Crippen LogP contribution in [0.25, 0.3) is 66.7 Å². The normalized spacial score (nSPS) is 11.3. The zero-order valence-electron chi connectivity index (χ0n) is 30.5. The van der Waals surface area contributed by atoms with Crippen LogP contribution in [0.5, 0.6) is 0 Å². The number of rotatable bonds is 6. The van der Waals surface area contributed by atoms with E-state index < -0.39 is 13.3 Å². The van der Waals surface area contributed by atoms with Crippen LogP contribution in [0.3, 0.4) is 0 Å². The summed E-state index contributed by atoms with van der Waals surface area (Å²) in [7, 11) is 0. The number of aryl methyl sites for hydroxylation is 1. The Bertz CT molecular complexity index is 2450. The molecule has 3 nitrogen and oxygen atoms in total. The molecule has 3 heterocycles. The van der Waals surface area contributed by atoms with Gasteiger partial charge in [-0.15, -0.1) is 18.2 Å². The molecule has 0 spiro atoms. The standard InChI is InChI=1S/C32H24NO.C15H18GeN.Ir/c1-21(2)23-16-17-33-30(19-23)29-13-7-12-28-27-15-14-26(20-31(27)34-32(28)29)25-11-6-10-24(18-25)22-8-4-3-5-9-22;1-12-10-15(13-8-6-5-7-9-13)17-11-14(12)16(2,3)4;/h3-12,14-21H,1-2H3;5-8,10-11H,1-4H3;/q2*-1;. The second-order valence-corrected chi connectivity index (χ2v) is 25.0.